The molecule has 0 heterocycles. The molecule has 0 fully saturated rings. The summed E-state index contributed by atoms with van der Waals surface area (Å²) in [6, 6.07) is 10.3. The first-order valence-electron chi connectivity index (χ1n) is 5.19. The van der Waals surface area contributed by atoms with Gasteiger partial charge in [-0.3, -0.25) is 0 Å². The molecule has 2 rings (SSSR count). The van der Waals surface area contributed by atoms with E-state index in [-0.39, 0.29) is 16.4 Å². The lowest BCUT2D eigenvalue weighted by Gasteiger charge is -2.09. The summed E-state index contributed by atoms with van der Waals surface area (Å²) in [7, 11) is -4.06. The van der Waals surface area contributed by atoms with E-state index in [1.165, 1.54) is 12.1 Å². The summed E-state index contributed by atoms with van der Waals surface area (Å²) in [4.78, 5) is 4.33. The van der Waals surface area contributed by atoms with E-state index in [4.69, 9.17) is 10.1 Å². The Balaban J connectivity index is 2.34. The minimum absolute atomic E-state index is 0.0469. The van der Waals surface area contributed by atoms with E-state index in [0.717, 1.165) is 24.3 Å². The fraction of sp³-hybridized carbons (Fsp3) is 0. The molecule has 0 aromatic heterocycles. The highest BCUT2D eigenvalue weighted by Crippen LogP contribution is 2.28. The molecule has 0 aliphatic carbocycles. The molecular weight excluding hydrogens is 273 g/mol. The largest absolute Gasteiger partial charge is 0.408 e. The van der Waals surface area contributed by atoms with E-state index in [9.17, 15) is 12.8 Å². The van der Waals surface area contributed by atoms with Crippen LogP contribution < -0.4 is 14.9 Å². The Morgan fingerprint density at radius 2 is 1.53 bits per heavy atom. The molecule has 5 nitrogen and oxygen atoms in total. The zero-order chi connectivity index (χ0) is 13.9. The fourth-order valence-corrected chi connectivity index (χ4v) is 2.32. The molecule has 100 valence electrons. The van der Waals surface area contributed by atoms with Crippen LogP contribution in [0.2, 0.25) is 0 Å². The van der Waals surface area contributed by atoms with E-state index < -0.39 is 15.9 Å². The van der Waals surface area contributed by atoms with Crippen LogP contribution in [0.25, 0.3) is 0 Å². The SMILES string of the molecule is NOc1ccccc1OS(=O)(=O)c1ccc(F)cc1. The third-order valence-electron chi connectivity index (χ3n) is 2.28. The molecule has 0 aliphatic heterocycles. The van der Waals surface area contributed by atoms with Gasteiger partial charge in [0.15, 0.2) is 11.5 Å². The number of para-hydroxylation sites is 2. The number of nitrogens with two attached hydrogens (primary N) is 1. The predicted molar refractivity (Wildman–Crippen MR) is 65.5 cm³/mol. The highest BCUT2D eigenvalue weighted by atomic mass is 32.2. The minimum atomic E-state index is -4.06. The van der Waals surface area contributed by atoms with Gasteiger partial charge in [-0.15, -0.1) is 0 Å². The van der Waals surface area contributed by atoms with Crippen LogP contribution in [0, 0.1) is 5.82 Å². The first-order valence-corrected chi connectivity index (χ1v) is 6.59. The Morgan fingerprint density at radius 1 is 0.947 bits per heavy atom. The van der Waals surface area contributed by atoms with Crippen molar-refractivity contribution in [3.05, 3.63) is 54.3 Å². The van der Waals surface area contributed by atoms with E-state index in [0.29, 0.717) is 0 Å². The van der Waals surface area contributed by atoms with Gasteiger partial charge in [0.1, 0.15) is 10.7 Å². The molecule has 2 N–H and O–H groups in total. The van der Waals surface area contributed by atoms with Gasteiger partial charge in [0.05, 0.1) is 0 Å². The molecule has 0 unspecified atom stereocenters. The lowest BCUT2D eigenvalue weighted by atomic mass is 10.3. The molecule has 0 amide bonds. The molecule has 2 aromatic carbocycles. The quantitative estimate of drug-likeness (QED) is 0.684. The maximum absolute atomic E-state index is 12.7. The standard InChI is InChI=1S/C12H10FNO4S/c13-9-5-7-10(8-6-9)19(15,16)18-12-4-2-1-3-11(12)17-14/h1-8H,14H2. The number of benzene rings is 2. The minimum Gasteiger partial charge on any atom is -0.408 e. The smallest absolute Gasteiger partial charge is 0.339 e. The summed E-state index contributed by atoms with van der Waals surface area (Å²) in [5, 5.41) is 0. The van der Waals surface area contributed by atoms with Crippen LogP contribution in [0.15, 0.2) is 53.4 Å². The van der Waals surface area contributed by atoms with Gasteiger partial charge >= 0.3 is 10.1 Å². The summed E-state index contributed by atoms with van der Waals surface area (Å²) < 4.78 is 41.5. The lowest BCUT2D eigenvalue weighted by Crippen LogP contribution is -2.12. The molecular formula is C12H10FNO4S. The fourth-order valence-electron chi connectivity index (χ4n) is 1.38. The van der Waals surface area contributed by atoms with Gasteiger partial charge in [0.25, 0.3) is 0 Å². The highest BCUT2D eigenvalue weighted by Gasteiger charge is 2.18. The molecule has 0 aliphatic rings. The Labute approximate surface area is 109 Å². The van der Waals surface area contributed by atoms with E-state index in [2.05, 4.69) is 4.84 Å². The van der Waals surface area contributed by atoms with Crippen LogP contribution in [0.1, 0.15) is 0 Å². The maximum Gasteiger partial charge on any atom is 0.339 e. The van der Waals surface area contributed by atoms with Gasteiger partial charge in [-0.1, -0.05) is 12.1 Å². The highest BCUT2D eigenvalue weighted by molar-refractivity contribution is 7.87. The van der Waals surface area contributed by atoms with E-state index in [1.54, 1.807) is 12.1 Å². The summed E-state index contributed by atoms with van der Waals surface area (Å²) in [6.07, 6.45) is 0. The van der Waals surface area contributed by atoms with E-state index in [1.807, 2.05) is 0 Å². The predicted octanol–water partition coefficient (Wildman–Crippen LogP) is 1.85. The van der Waals surface area contributed by atoms with Gasteiger partial charge in [0.2, 0.25) is 0 Å². The van der Waals surface area contributed by atoms with Crippen molar-refractivity contribution in [3.8, 4) is 11.5 Å². The summed E-state index contributed by atoms with van der Waals surface area (Å²) in [5.74, 6) is 4.50. The van der Waals surface area contributed by atoms with E-state index >= 15 is 0 Å². The van der Waals surface area contributed by atoms with Crippen molar-refractivity contribution in [2.75, 3.05) is 0 Å². The second kappa shape index (κ2) is 5.25. The van der Waals surface area contributed by atoms with Crippen LogP contribution in [-0.4, -0.2) is 8.42 Å². The Kier molecular flexibility index (Phi) is 3.68. The molecule has 7 heteroatoms. The Bertz CT molecular complexity index is 670. The molecule has 19 heavy (non-hydrogen) atoms. The van der Waals surface area contributed by atoms with Gasteiger partial charge in [0, 0.05) is 0 Å². The summed E-state index contributed by atoms with van der Waals surface area (Å²) in [5.41, 5.74) is 0. The molecule has 0 spiro atoms. The average molecular weight is 283 g/mol. The number of rotatable bonds is 4. The molecule has 0 saturated carbocycles. The van der Waals surface area contributed by atoms with Crippen molar-refractivity contribution in [1.29, 1.82) is 0 Å². The number of hydrogen-bond donors (Lipinski definition) is 1. The van der Waals surface area contributed by atoms with Crippen LogP contribution in [0.5, 0.6) is 11.5 Å². The van der Waals surface area contributed by atoms with Crippen molar-refractivity contribution >= 4 is 10.1 Å². The van der Waals surface area contributed by atoms with Gasteiger partial charge < -0.3 is 9.02 Å². The van der Waals surface area contributed by atoms with Crippen LogP contribution in [-0.2, 0) is 10.1 Å². The van der Waals surface area contributed by atoms with Crippen molar-refractivity contribution in [2.24, 2.45) is 5.90 Å². The van der Waals surface area contributed by atoms with Gasteiger partial charge in [-0.05, 0) is 36.4 Å². The molecule has 2 aromatic rings. The van der Waals surface area contributed by atoms with Crippen LogP contribution >= 0.6 is 0 Å². The first kappa shape index (κ1) is 13.3. The Morgan fingerprint density at radius 3 is 2.11 bits per heavy atom. The zero-order valence-corrected chi connectivity index (χ0v) is 10.4. The number of hydrogen-bond acceptors (Lipinski definition) is 5. The van der Waals surface area contributed by atoms with Crippen LogP contribution in [0.3, 0.4) is 0 Å². The van der Waals surface area contributed by atoms with Crippen molar-refractivity contribution in [1.82, 2.24) is 0 Å². The third kappa shape index (κ3) is 3.01. The normalized spacial score (nSPS) is 11.1. The second-order valence-electron chi connectivity index (χ2n) is 3.56. The molecule has 0 bridgehead atoms. The third-order valence-corrected chi connectivity index (χ3v) is 3.53. The lowest BCUT2D eigenvalue weighted by molar-refractivity contribution is 0.322. The summed E-state index contributed by atoms with van der Waals surface area (Å²) >= 11 is 0. The van der Waals surface area contributed by atoms with Crippen molar-refractivity contribution in [3.63, 3.8) is 0 Å². The van der Waals surface area contributed by atoms with Crippen molar-refractivity contribution < 1.29 is 21.8 Å². The molecule has 0 radical (unpaired) electrons. The van der Waals surface area contributed by atoms with Crippen molar-refractivity contribution in [2.45, 2.75) is 4.90 Å². The number of halogens is 1. The van der Waals surface area contributed by atoms with Gasteiger partial charge in [-0.25, -0.2) is 4.39 Å². The molecule has 0 saturated heterocycles. The topological polar surface area (TPSA) is 78.6 Å². The zero-order valence-electron chi connectivity index (χ0n) is 9.62. The summed E-state index contributed by atoms with van der Waals surface area (Å²) in [6.45, 7) is 0. The first-order chi connectivity index (χ1) is 9.03. The maximum atomic E-state index is 12.7. The van der Waals surface area contributed by atoms with Crippen LogP contribution in [0.4, 0.5) is 4.39 Å². The Hall–Kier alpha value is -2.12. The second-order valence-corrected chi connectivity index (χ2v) is 5.10. The monoisotopic (exact) mass is 283 g/mol. The average Bonchev–Trinajstić information content (AvgIpc) is 2.39. The molecule has 0 atom stereocenters. The van der Waals surface area contributed by atoms with Gasteiger partial charge in [-0.2, -0.15) is 14.3 Å².